The maximum atomic E-state index is 9.06. The van der Waals surface area contributed by atoms with E-state index in [9.17, 15) is 0 Å². The van der Waals surface area contributed by atoms with Crippen molar-refractivity contribution in [3.05, 3.63) is 27.7 Å². The molecular weight excluding hydrogens is 253 g/mol. The fraction of sp³-hybridized carbons (Fsp3) is 0.333. The minimum Gasteiger partial charge on any atom is -0.392 e. The van der Waals surface area contributed by atoms with Gasteiger partial charge in [0.05, 0.1) is 6.10 Å². The Morgan fingerprint density at radius 1 is 1.62 bits per heavy atom. The van der Waals surface area contributed by atoms with Gasteiger partial charge in [-0.2, -0.15) is 0 Å². The molecular formula is C9H11BrClNO. The molecule has 0 amide bonds. The highest BCUT2D eigenvalue weighted by Crippen LogP contribution is 2.25. The number of aliphatic hydroxyl groups is 1. The second-order valence-corrected chi connectivity index (χ2v) is 4.14. The number of hydrogen-bond donors (Lipinski definition) is 2. The lowest BCUT2D eigenvalue weighted by atomic mass is 10.3. The molecule has 1 aromatic rings. The molecule has 0 bridgehead atoms. The predicted octanol–water partition coefficient (Wildman–Crippen LogP) is 2.90. The largest absolute Gasteiger partial charge is 0.392 e. The van der Waals surface area contributed by atoms with Gasteiger partial charge < -0.3 is 10.4 Å². The van der Waals surface area contributed by atoms with Crippen LogP contribution in [0.25, 0.3) is 0 Å². The van der Waals surface area contributed by atoms with Gasteiger partial charge in [0.25, 0.3) is 0 Å². The van der Waals surface area contributed by atoms with Crippen LogP contribution in [0.1, 0.15) is 6.92 Å². The predicted molar refractivity (Wildman–Crippen MR) is 59.3 cm³/mol. The van der Waals surface area contributed by atoms with Crippen LogP contribution in [0, 0.1) is 0 Å². The molecule has 0 aliphatic carbocycles. The third-order valence-corrected chi connectivity index (χ3v) is 2.41. The summed E-state index contributed by atoms with van der Waals surface area (Å²) in [5, 5.41) is 12.8. The van der Waals surface area contributed by atoms with E-state index in [-0.39, 0.29) is 6.10 Å². The summed E-state index contributed by atoms with van der Waals surface area (Å²) in [5.41, 5.74) is 0.935. The molecule has 0 aromatic heterocycles. The van der Waals surface area contributed by atoms with Gasteiger partial charge in [-0.25, -0.2) is 0 Å². The Bertz CT molecular complexity index is 291. The molecule has 1 atom stereocenters. The molecule has 1 aromatic carbocycles. The Hall–Kier alpha value is -0.250. The van der Waals surface area contributed by atoms with Gasteiger partial charge in [0.15, 0.2) is 0 Å². The van der Waals surface area contributed by atoms with Crippen LogP contribution >= 0.6 is 27.5 Å². The highest BCUT2D eigenvalue weighted by atomic mass is 79.9. The number of aliphatic hydroxyl groups excluding tert-OH is 1. The summed E-state index contributed by atoms with van der Waals surface area (Å²) in [6.45, 7) is 2.26. The first-order valence-electron chi connectivity index (χ1n) is 3.96. The number of benzene rings is 1. The van der Waals surface area contributed by atoms with E-state index < -0.39 is 0 Å². The molecule has 2 nitrogen and oxygen atoms in total. The Kier molecular flexibility index (Phi) is 4.03. The number of halogens is 2. The molecule has 13 heavy (non-hydrogen) atoms. The monoisotopic (exact) mass is 263 g/mol. The highest BCUT2D eigenvalue weighted by molar-refractivity contribution is 9.10. The first-order valence-corrected chi connectivity index (χ1v) is 5.13. The summed E-state index contributed by atoms with van der Waals surface area (Å²) in [7, 11) is 0. The van der Waals surface area contributed by atoms with Gasteiger partial charge in [0.2, 0.25) is 0 Å². The molecule has 72 valence electrons. The zero-order chi connectivity index (χ0) is 9.84. The average Bonchev–Trinajstić information content (AvgIpc) is 2.02. The van der Waals surface area contributed by atoms with Crippen molar-refractivity contribution in [2.45, 2.75) is 13.0 Å². The van der Waals surface area contributed by atoms with Crippen molar-refractivity contribution in [2.24, 2.45) is 0 Å². The molecule has 0 radical (unpaired) electrons. The van der Waals surface area contributed by atoms with E-state index in [0.29, 0.717) is 11.6 Å². The van der Waals surface area contributed by atoms with Gasteiger partial charge in [-0.3, -0.25) is 0 Å². The van der Waals surface area contributed by atoms with Crippen LogP contribution in [-0.4, -0.2) is 17.8 Å². The molecule has 0 unspecified atom stereocenters. The second-order valence-electron chi connectivity index (χ2n) is 2.85. The normalized spacial score (nSPS) is 12.6. The van der Waals surface area contributed by atoms with Gasteiger partial charge in [-0.15, -0.1) is 0 Å². The van der Waals surface area contributed by atoms with E-state index in [1.54, 1.807) is 13.0 Å². The van der Waals surface area contributed by atoms with Crippen LogP contribution in [0.15, 0.2) is 22.7 Å². The molecule has 0 saturated carbocycles. The highest BCUT2D eigenvalue weighted by Gasteiger charge is 2.01. The Morgan fingerprint density at radius 2 is 2.31 bits per heavy atom. The van der Waals surface area contributed by atoms with Crippen LogP contribution in [0.5, 0.6) is 0 Å². The van der Waals surface area contributed by atoms with E-state index in [1.807, 2.05) is 12.1 Å². The molecule has 4 heteroatoms. The van der Waals surface area contributed by atoms with Crippen molar-refractivity contribution in [1.29, 1.82) is 0 Å². The molecule has 0 aliphatic rings. The summed E-state index contributed by atoms with van der Waals surface area (Å²) >= 11 is 9.14. The Morgan fingerprint density at radius 3 is 2.85 bits per heavy atom. The van der Waals surface area contributed by atoms with Crippen LogP contribution in [-0.2, 0) is 0 Å². The van der Waals surface area contributed by atoms with E-state index in [2.05, 4.69) is 21.2 Å². The van der Waals surface area contributed by atoms with E-state index in [0.717, 1.165) is 10.2 Å². The smallest absolute Gasteiger partial charge is 0.0684 e. The third-order valence-electron chi connectivity index (χ3n) is 1.52. The summed E-state index contributed by atoms with van der Waals surface area (Å²) < 4.78 is 0.903. The van der Waals surface area contributed by atoms with Crippen molar-refractivity contribution in [1.82, 2.24) is 0 Å². The average molecular weight is 265 g/mol. The summed E-state index contributed by atoms with van der Waals surface area (Å²) in [6, 6.07) is 5.48. The number of nitrogens with one attached hydrogen (secondary N) is 1. The Labute approximate surface area is 91.0 Å². The van der Waals surface area contributed by atoms with E-state index in [4.69, 9.17) is 16.7 Å². The number of anilines is 1. The fourth-order valence-electron chi connectivity index (χ4n) is 0.891. The number of hydrogen-bond acceptors (Lipinski definition) is 2. The molecule has 0 fully saturated rings. The first-order chi connectivity index (χ1) is 6.09. The molecule has 1 rings (SSSR count). The zero-order valence-electron chi connectivity index (χ0n) is 7.22. The summed E-state index contributed by atoms with van der Waals surface area (Å²) in [5.74, 6) is 0. The van der Waals surface area contributed by atoms with Gasteiger partial charge in [-0.05, 0) is 41.1 Å². The SMILES string of the molecule is C[C@H](O)CNc1ccc(Cl)cc1Br. The lowest BCUT2D eigenvalue weighted by Gasteiger charge is -2.10. The standard InChI is InChI=1S/C9H11BrClNO/c1-6(13)5-12-9-3-2-7(11)4-8(9)10/h2-4,6,12-13H,5H2,1H3/t6-/m0/s1. The maximum Gasteiger partial charge on any atom is 0.0684 e. The third kappa shape index (κ3) is 3.55. The van der Waals surface area contributed by atoms with Crippen molar-refractivity contribution >= 4 is 33.2 Å². The quantitative estimate of drug-likeness (QED) is 0.880. The van der Waals surface area contributed by atoms with Crippen molar-refractivity contribution in [3.8, 4) is 0 Å². The maximum absolute atomic E-state index is 9.06. The van der Waals surface area contributed by atoms with Crippen molar-refractivity contribution < 1.29 is 5.11 Å². The van der Waals surface area contributed by atoms with Crippen LogP contribution in [0.2, 0.25) is 5.02 Å². The van der Waals surface area contributed by atoms with Crippen molar-refractivity contribution in [3.63, 3.8) is 0 Å². The summed E-state index contributed by atoms with van der Waals surface area (Å²) in [4.78, 5) is 0. The minimum absolute atomic E-state index is 0.359. The zero-order valence-corrected chi connectivity index (χ0v) is 9.56. The van der Waals surface area contributed by atoms with Crippen molar-refractivity contribution in [2.75, 3.05) is 11.9 Å². The van der Waals surface area contributed by atoms with Gasteiger partial charge in [0.1, 0.15) is 0 Å². The molecule has 0 spiro atoms. The lowest BCUT2D eigenvalue weighted by Crippen LogP contribution is -2.15. The number of rotatable bonds is 3. The van der Waals surface area contributed by atoms with Crippen LogP contribution in [0.4, 0.5) is 5.69 Å². The first kappa shape index (κ1) is 10.8. The van der Waals surface area contributed by atoms with Crippen LogP contribution in [0.3, 0.4) is 0 Å². The van der Waals surface area contributed by atoms with Gasteiger partial charge in [-0.1, -0.05) is 11.6 Å². The van der Waals surface area contributed by atoms with Gasteiger partial charge in [0, 0.05) is 21.7 Å². The molecule has 2 N–H and O–H groups in total. The molecule has 0 heterocycles. The topological polar surface area (TPSA) is 32.3 Å². The fourth-order valence-corrected chi connectivity index (χ4v) is 1.71. The second kappa shape index (κ2) is 4.84. The van der Waals surface area contributed by atoms with Crippen LogP contribution < -0.4 is 5.32 Å². The van der Waals surface area contributed by atoms with E-state index in [1.165, 1.54) is 0 Å². The minimum atomic E-state index is -0.359. The lowest BCUT2D eigenvalue weighted by molar-refractivity contribution is 0.208. The molecule has 0 saturated heterocycles. The van der Waals surface area contributed by atoms with E-state index >= 15 is 0 Å². The van der Waals surface area contributed by atoms with Gasteiger partial charge >= 0.3 is 0 Å². The Balaban J connectivity index is 2.67. The summed E-state index contributed by atoms with van der Waals surface area (Å²) in [6.07, 6.45) is -0.359. The molecule has 0 aliphatic heterocycles.